The monoisotopic (exact) mass is 368 g/mol. The van der Waals surface area contributed by atoms with Crippen molar-refractivity contribution in [2.24, 2.45) is 0 Å². The molecule has 0 saturated heterocycles. The first kappa shape index (κ1) is 20.2. The van der Waals surface area contributed by atoms with Crippen LogP contribution in [0.5, 0.6) is 11.6 Å². The minimum absolute atomic E-state index is 0.0455. The number of benzene rings is 1. The van der Waals surface area contributed by atoms with Crippen molar-refractivity contribution in [2.75, 3.05) is 6.61 Å². The Balaban J connectivity index is 2.46. The minimum Gasteiger partial charge on any atom is -0.494 e. The van der Waals surface area contributed by atoms with Gasteiger partial charge in [0.1, 0.15) is 17.4 Å². The molecular formula is C21H24N2O4. The summed E-state index contributed by atoms with van der Waals surface area (Å²) in [5, 5.41) is 20.0. The zero-order valence-electron chi connectivity index (χ0n) is 16.3. The predicted molar refractivity (Wildman–Crippen MR) is 103 cm³/mol. The molecule has 0 radical (unpaired) electrons. The molecule has 0 aliphatic rings. The maximum Gasteiger partial charge on any atom is 0.271 e. The summed E-state index contributed by atoms with van der Waals surface area (Å²) < 4.78 is 6.70. The van der Waals surface area contributed by atoms with Crippen molar-refractivity contribution in [3.63, 3.8) is 0 Å². The molecule has 1 unspecified atom stereocenters. The van der Waals surface area contributed by atoms with Crippen LogP contribution in [0.25, 0.3) is 0 Å². The van der Waals surface area contributed by atoms with E-state index in [1.807, 2.05) is 45.0 Å². The lowest BCUT2D eigenvalue weighted by molar-refractivity contribution is 0.0916. The van der Waals surface area contributed by atoms with Gasteiger partial charge in [0.2, 0.25) is 11.7 Å². The maximum absolute atomic E-state index is 12.8. The van der Waals surface area contributed by atoms with Crippen molar-refractivity contribution in [1.82, 2.24) is 4.57 Å². The number of hydrogen-bond donors (Lipinski definition) is 1. The number of nitrogens with zero attached hydrogens (tertiary/aromatic N) is 2. The topological polar surface area (TPSA) is 92.3 Å². The van der Waals surface area contributed by atoms with Crippen LogP contribution in [-0.2, 0) is 0 Å². The van der Waals surface area contributed by atoms with Crippen molar-refractivity contribution in [3.8, 4) is 17.7 Å². The summed E-state index contributed by atoms with van der Waals surface area (Å²) in [5.41, 5.74) is 1.42. The third kappa shape index (κ3) is 4.03. The van der Waals surface area contributed by atoms with Gasteiger partial charge in [-0.1, -0.05) is 13.0 Å². The molecule has 1 aromatic heterocycles. The van der Waals surface area contributed by atoms with Gasteiger partial charge < -0.3 is 9.84 Å². The van der Waals surface area contributed by atoms with E-state index in [2.05, 4.69) is 0 Å². The molecule has 0 fully saturated rings. The van der Waals surface area contributed by atoms with Gasteiger partial charge in [0.15, 0.2) is 6.61 Å². The van der Waals surface area contributed by atoms with E-state index in [-0.39, 0.29) is 29.3 Å². The van der Waals surface area contributed by atoms with Gasteiger partial charge in [0.25, 0.3) is 5.56 Å². The number of pyridine rings is 1. The lowest BCUT2D eigenvalue weighted by atomic mass is 10.0. The van der Waals surface area contributed by atoms with E-state index < -0.39 is 17.2 Å². The molecule has 1 N–H and O–H groups in total. The zero-order valence-corrected chi connectivity index (χ0v) is 16.3. The van der Waals surface area contributed by atoms with Crippen LogP contribution in [-0.4, -0.2) is 22.1 Å². The molecule has 0 bridgehead atoms. The van der Waals surface area contributed by atoms with E-state index in [0.717, 1.165) is 15.7 Å². The van der Waals surface area contributed by atoms with E-state index in [9.17, 15) is 20.0 Å². The highest BCUT2D eigenvalue weighted by molar-refractivity contribution is 6.01. The summed E-state index contributed by atoms with van der Waals surface area (Å²) in [4.78, 5) is 25.3. The minimum atomic E-state index is -0.589. The van der Waals surface area contributed by atoms with Gasteiger partial charge in [-0.05, 0) is 62.9 Å². The van der Waals surface area contributed by atoms with E-state index >= 15 is 0 Å². The first-order valence-corrected chi connectivity index (χ1v) is 8.83. The van der Waals surface area contributed by atoms with Gasteiger partial charge in [-0.25, -0.2) is 0 Å². The number of carbonyl (C=O) groups is 1. The van der Waals surface area contributed by atoms with Gasteiger partial charge >= 0.3 is 0 Å². The van der Waals surface area contributed by atoms with Crippen molar-refractivity contribution in [2.45, 2.75) is 47.1 Å². The Bertz CT molecular complexity index is 963. The molecule has 142 valence electrons. The SMILES string of the molecule is CCC(C)n1c(O)c(C(=O)COc2cc(C)cc(C)c2)c(C)c(C#N)c1=O. The van der Waals surface area contributed by atoms with E-state index in [0.29, 0.717) is 12.2 Å². The molecule has 2 aromatic rings. The van der Waals surface area contributed by atoms with Crippen LogP contribution in [0.2, 0.25) is 0 Å². The number of Topliss-reactive ketones (excluding diaryl/α,β-unsaturated/α-hetero) is 1. The molecule has 0 aliphatic heterocycles. The fraction of sp³-hybridized carbons (Fsp3) is 0.381. The van der Waals surface area contributed by atoms with Gasteiger partial charge in [-0.3, -0.25) is 14.2 Å². The number of aromatic nitrogens is 1. The average Bonchev–Trinajstić information content (AvgIpc) is 2.59. The highest BCUT2D eigenvalue weighted by atomic mass is 16.5. The molecule has 0 aliphatic carbocycles. The van der Waals surface area contributed by atoms with Crippen LogP contribution in [0.1, 0.15) is 58.9 Å². The molecule has 6 heteroatoms. The van der Waals surface area contributed by atoms with E-state index in [4.69, 9.17) is 4.74 Å². The predicted octanol–water partition coefficient (Wildman–Crippen LogP) is 3.58. The summed E-state index contributed by atoms with van der Waals surface area (Å²) in [7, 11) is 0. The number of rotatable bonds is 6. The number of ether oxygens (including phenoxy) is 1. The fourth-order valence-corrected chi connectivity index (χ4v) is 3.08. The van der Waals surface area contributed by atoms with E-state index in [1.165, 1.54) is 6.92 Å². The number of aryl methyl sites for hydroxylation is 2. The molecule has 1 aromatic carbocycles. The molecule has 2 rings (SSSR count). The van der Waals surface area contributed by atoms with Crippen LogP contribution in [0, 0.1) is 32.1 Å². The average molecular weight is 368 g/mol. The lowest BCUT2D eigenvalue weighted by Crippen LogP contribution is -2.29. The second kappa shape index (κ2) is 8.09. The maximum atomic E-state index is 12.8. The molecule has 27 heavy (non-hydrogen) atoms. The molecule has 6 nitrogen and oxygen atoms in total. The number of carbonyl (C=O) groups excluding carboxylic acids is 1. The number of ketones is 1. The fourth-order valence-electron chi connectivity index (χ4n) is 3.08. The Kier molecular flexibility index (Phi) is 6.06. The van der Waals surface area contributed by atoms with Gasteiger partial charge in [0.05, 0.1) is 5.56 Å². The van der Waals surface area contributed by atoms with Crippen molar-refractivity contribution >= 4 is 5.78 Å². The Morgan fingerprint density at radius 1 is 1.26 bits per heavy atom. The Morgan fingerprint density at radius 2 is 1.85 bits per heavy atom. The van der Waals surface area contributed by atoms with Crippen LogP contribution in [0.15, 0.2) is 23.0 Å². The Hall–Kier alpha value is -3.07. The third-order valence-corrected chi connectivity index (χ3v) is 4.62. The largest absolute Gasteiger partial charge is 0.494 e. The van der Waals surface area contributed by atoms with Gasteiger partial charge in [0, 0.05) is 6.04 Å². The highest BCUT2D eigenvalue weighted by Gasteiger charge is 2.25. The van der Waals surface area contributed by atoms with Gasteiger partial charge in [-0.15, -0.1) is 0 Å². The normalized spacial score (nSPS) is 11.7. The van der Waals surface area contributed by atoms with Crippen molar-refractivity contribution in [1.29, 1.82) is 5.26 Å². The van der Waals surface area contributed by atoms with E-state index in [1.54, 1.807) is 6.92 Å². The summed E-state index contributed by atoms with van der Waals surface area (Å²) in [6.07, 6.45) is 0.564. The first-order valence-electron chi connectivity index (χ1n) is 8.83. The second-order valence-electron chi connectivity index (χ2n) is 6.78. The first-order chi connectivity index (χ1) is 12.7. The van der Waals surface area contributed by atoms with Crippen LogP contribution in [0.3, 0.4) is 0 Å². The smallest absolute Gasteiger partial charge is 0.271 e. The Morgan fingerprint density at radius 3 is 2.37 bits per heavy atom. The lowest BCUT2D eigenvalue weighted by Gasteiger charge is -2.19. The summed E-state index contributed by atoms with van der Waals surface area (Å²) in [6.45, 7) is 8.65. The second-order valence-corrected chi connectivity index (χ2v) is 6.78. The quantitative estimate of drug-likeness (QED) is 0.787. The van der Waals surface area contributed by atoms with Crippen molar-refractivity contribution < 1.29 is 14.6 Å². The van der Waals surface area contributed by atoms with Crippen molar-refractivity contribution in [3.05, 3.63) is 56.4 Å². The van der Waals surface area contributed by atoms with Gasteiger partial charge in [-0.2, -0.15) is 5.26 Å². The molecule has 0 saturated carbocycles. The summed E-state index contributed by atoms with van der Waals surface area (Å²) in [5.74, 6) is -0.355. The Labute approximate surface area is 158 Å². The third-order valence-electron chi connectivity index (χ3n) is 4.62. The summed E-state index contributed by atoms with van der Waals surface area (Å²) >= 11 is 0. The van der Waals surface area contributed by atoms with Crippen LogP contribution >= 0.6 is 0 Å². The number of hydrogen-bond acceptors (Lipinski definition) is 5. The molecule has 0 spiro atoms. The summed E-state index contributed by atoms with van der Waals surface area (Å²) in [6, 6.07) is 7.13. The van der Waals surface area contributed by atoms with Crippen LogP contribution < -0.4 is 10.3 Å². The zero-order chi connectivity index (χ0) is 20.3. The number of aromatic hydroxyl groups is 1. The molecule has 1 atom stereocenters. The molecule has 0 amide bonds. The molecular weight excluding hydrogens is 344 g/mol. The van der Waals surface area contributed by atoms with Crippen LogP contribution in [0.4, 0.5) is 0 Å². The standard InChI is InChI=1S/C21H24N2O4/c1-6-14(4)23-20(25)17(10-22)15(5)19(21(23)26)18(24)11-27-16-8-12(2)7-13(3)9-16/h7-9,14,26H,6,11H2,1-5H3. The molecule has 1 heterocycles. The number of nitriles is 1. The highest BCUT2D eigenvalue weighted by Crippen LogP contribution is 2.26.